The Kier molecular flexibility index (Phi) is 11.8. The van der Waals surface area contributed by atoms with Gasteiger partial charge in [0, 0.05) is 6.61 Å². The first-order chi connectivity index (χ1) is 12.0. The van der Waals surface area contributed by atoms with E-state index in [0.29, 0.717) is 6.61 Å². The number of unbranched alkanes of at least 4 members (excludes halogenated alkanes) is 5. The van der Waals surface area contributed by atoms with E-state index in [9.17, 15) is 20.4 Å². The van der Waals surface area contributed by atoms with Crippen molar-refractivity contribution in [2.24, 2.45) is 0 Å². The second-order valence-corrected chi connectivity index (χ2v) is 6.48. The Morgan fingerprint density at radius 3 is 2.24 bits per heavy atom. The van der Waals surface area contributed by atoms with Crippen molar-refractivity contribution in [2.45, 2.75) is 82.3 Å². The summed E-state index contributed by atoms with van der Waals surface area (Å²) < 4.78 is 16.2. The highest BCUT2D eigenvalue weighted by Crippen LogP contribution is 2.23. The van der Waals surface area contributed by atoms with Crippen molar-refractivity contribution in [3.63, 3.8) is 0 Å². The van der Waals surface area contributed by atoms with Gasteiger partial charge in [-0.2, -0.15) is 0 Å². The van der Waals surface area contributed by atoms with Crippen LogP contribution < -0.4 is 0 Å². The summed E-state index contributed by atoms with van der Waals surface area (Å²) in [5.41, 5.74) is 0. The van der Waals surface area contributed by atoms with E-state index in [4.69, 9.17) is 19.3 Å². The molecule has 0 aromatic heterocycles. The Bertz CT molecular complexity index is 328. The molecular weight excluding hydrogens is 332 g/mol. The third kappa shape index (κ3) is 7.84. The first-order valence-corrected chi connectivity index (χ1v) is 9.19. The van der Waals surface area contributed by atoms with Crippen LogP contribution in [0.2, 0.25) is 0 Å². The summed E-state index contributed by atoms with van der Waals surface area (Å²) in [6.07, 6.45) is -0.540. The lowest BCUT2D eigenvalue weighted by Gasteiger charge is -2.40. The van der Waals surface area contributed by atoms with Crippen LogP contribution in [0.15, 0.2) is 0 Å². The molecule has 1 heterocycles. The maximum absolute atomic E-state index is 9.91. The van der Waals surface area contributed by atoms with Crippen LogP contribution in [0.1, 0.15) is 45.4 Å². The topological polar surface area (TPSA) is 129 Å². The molecule has 6 atom stereocenters. The molecule has 150 valence electrons. The van der Waals surface area contributed by atoms with Gasteiger partial charge in [0.05, 0.1) is 19.8 Å². The average molecular weight is 366 g/mol. The lowest BCUT2D eigenvalue weighted by Crippen LogP contribution is -2.60. The van der Waals surface area contributed by atoms with E-state index < -0.39 is 43.4 Å². The van der Waals surface area contributed by atoms with Gasteiger partial charge in [-0.1, -0.05) is 39.0 Å². The smallest absolute Gasteiger partial charge is 0.187 e. The number of ether oxygens (including phenoxy) is 3. The van der Waals surface area contributed by atoms with Crippen LogP contribution in [0, 0.1) is 0 Å². The standard InChI is InChI=1S/C17H34O8/c1-2-3-4-5-6-7-8-23-11-12(9-18)24-17-16(22)15(21)14(20)13(10-19)25-17/h12-22H,2-11H2,1H3/t12?,13-,14-,15+,16-,17?/m1/s1. The Hall–Kier alpha value is -0.320. The molecule has 2 unspecified atom stereocenters. The molecule has 1 fully saturated rings. The van der Waals surface area contributed by atoms with Crippen molar-refractivity contribution in [3.05, 3.63) is 0 Å². The zero-order valence-corrected chi connectivity index (χ0v) is 15.0. The van der Waals surface area contributed by atoms with Crippen LogP contribution in [0.25, 0.3) is 0 Å². The van der Waals surface area contributed by atoms with E-state index >= 15 is 0 Å². The Morgan fingerprint density at radius 2 is 1.60 bits per heavy atom. The fraction of sp³-hybridized carbons (Fsp3) is 1.00. The molecule has 0 amide bonds. The fourth-order valence-corrected chi connectivity index (χ4v) is 2.70. The summed E-state index contributed by atoms with van der Waals surface area (Å²) >= 11 is 0. The van der Waals surface area contributed by atoms with E-state index in [-0.39, 0.29) is 13.2 Å². The highest BCUT2D eigenvalue weighted by atomic mass is 16.7. The predicted molar refractivity (Wildman–Crippen MR) is 89.9 cm³/mol. The second kappa shape index (κ2) is 12.9. The van der Waals surface area contributed by atoms with Gasteiger partial charge in [0.1, 0.15) is 30.5 Å². The number of hydrogen-bond acceptors (Lipinski definition) is 8. The van der Waals surface area contributed by atoms with E-state index in [1.54, 1.807) is 0 Å². The summed E-state index contributed by atoms with van der Waals surface area (Å²) in [6, 6.07) is 0. The molecule has 1 aliphatic rings. The van der Waals surface area contributed by atoms with E-state index in [0.717, 1.165) is 12.8 Å². The quantitative estimate of drug-likeness (QED) is 0.277. The fourth-order valence-electron chi connectivity index (χ4n) is 2.70. The van der Waals surface area contributed by atoms with Gasteiger partial charge in [0.25, 0.3) is 0 Å². The van der Waals surface area contributed by atoms with Crippen LogP contribution in [0.3, 0.4) is 0 Å². The Morgan fingerprint density at radius 1 is 0.920 bits per heavy atom. The van der Waals surface area contributed by atoms with Gasteiger partial charge in [-0.15, -0.1) is 0 Å². The second-order valence-electron chi connectivity index (χ2n) is 6.48. The van der Waals surface area contributed by atoms with Crippen molar-refractivity contribution >= 4 is 0 Å². The summed E-state index contributed by atoms with van der Waals surface area (Å²) in [7, 11) is 0. The molecule has 1 rings (SSSR count). The maximum atomic E-state index is 9.91. The van der Waals surface area contributed by atoms with Crippen LogP contribution in [0.5, 0.6) is 0 Å². The molecule has 8 nitrogen and oxygen atoms in total. The zero-order valence-electron chi connectivity index (χ0n) is 15.0. The van der Waals surface area contributed by atoms with Gasteiger partial charge in [-0.05, 0) is 6.42 Å². The molecule has 25 heavy (non-hydrogen) atoms. The number of aliphatic hydroxyl groups is 5. The molecule has 0 bridgehead atoms. The van der Waals surface area contributed by atoms with Crippen molar-refractivity contribution in [2.75, 3.05) is 26.4 Å². The molecule has 0 saturated carbocycles. The molecule has 0 aliphatic carbocycles. The highest BCUT2D eigenvalue weighted by molar-refractivity contribution is 4.89. The van der Waals surface area contributed by atoms with Crippen LogP contribution in [0.4, 0.5) is 0 Å². The Labute approximate surface area is 149 Å². The minimum atomic E-state index is -1.50. The van der Waals surface area contributed by atoms with E-state index in [1.165, 1.54) is 25.7 Å². The third-order valence-electron chi connectivity index (χ3n) is 4.32. The van der Waals surface area contributed by atoms with Crippen LogP contribution in [-0.2, 0) is 14.2 Å². The molecule has 0 aromatic rings. The van der Waals surface area contributed by atoms with Crippen LogP contribution in [-0.4, -0.2) is 88.8 Å². The van der Waals surface area contributed by atoms with Crippen molar-refractivity contribution in [1.82, 2.24) is 0 Å². The summed E-state index contributed by atoms with van der Waals surface area (Å²) in [4.78, 5) is 0. The number of rotatable bonds is 13. The summed E-state index contributed by atoms with van der Waals surface area (Å²) in [5.74, 6) is 0. The van der Waals surface area contributed by atoms with E-state index in [2.05, 4.69) is 6.92 Å². The van der Waals surface area contributed by atoms with E-state index in [1.807, 2.05) is 0 Å². The lowest BCUT2D eigenvalue weighted by atomic mass is 9.99. The molecule has 1 aliphatic heterocycles. The molecule has 1 saturated heterocycles. The molecular formula is C17H34O8. The first-order valence-electron chi connectivity index (χ1n) is 9.19. The molecule has 0 radical (unpaired) electrons. The molecule has 0 spiro atoms. The highest BCUT2D eigenvalue weighted by Gasteiger charge is 2.44. The minimum absolute atomic E-state index is 0.125. The first kappa shape index (κ1) is 22.7. The van der Waals surface area contributed by atoms with Gasteiger partial charge in [0.2, 0.25) is 0 Å². The van der Waals surface area contributed by atoms with Crippen molar-refractivity contribution in [1.29, 1.82) is 0 Å². The van der Waals surface area contributed by atoms with Gasteiger partial charge >= 0.3 is 0 Å². The largest absolute Gasteiger partial charge is 0.394 e. The summed E-state index contributed by atoms with van der Waals surface area (Å²) in [6.45, 7) is 1.99. The average Bonchev–Trinajstić information content (AvgIpc) is 2.62. The SMILES string of the molecule is CCCCCCCCOCC(CO)OC1O[C@H](CO)[C@@H](O)[C@H](O)[C@H]1O. The lowest BCUT2D eigenvalue weighted by molar-refractivity contribution is -0.315. The van der Waals surface area contributed by atoms with Gasteiger partial charge < -0.3 is 39.7 Å². The normalized spacial score (nSPS) is 31.2. The molecule has 5 N–H and O–H groups in total. The predicted octanol–water partition coefficient (Wildman–Crippen LogP) is -0.459. The molecule has 8 heteroatoms. The minimum Gasteiger partial charge on any atom is -0.394 e. The van der Waals surface area contributed by atoms with Crippen molar-refractivity contribution in [3.8, 4) is 0 Å². The third-order valence-corrected chi connectivity index (χ3v) is 4.32. The van der Waals surface area contributed by atoms with Crippen molar-refractivity contribution < 1.29 is 39.7 Å². The maximum Gasteiger partial charge on any atom is 0.187 e. The van der Waals surface area contributed by atoms with Gasteiger partial charge in [-0.25, -0.2) is 0 Å². The van der Waals surface area contributed by atoms with Gasteiger partial charge in [-0.3, -0.25) is 0 Å². The zero-order chi connectivity index (χ0) is 18.7. The van der Waals surface area contributed by atoms with Crippen LogP contribution >= 0.6 is 0 Å². The summed E-state index contributed by atoms with van der Waals surface area (Å²) in [5, 5.41) is 47.9. The number of aliphatic hydroxyl groups excluding tert-OH is 5. The molecule has 0 aromatic carbocycles. The van der Waals surface area contributed by atoms with Gasteiger partial charge in [0.15, 0.2) is 6.29 Å². The number of hydrogen-bond donors (Lipinski definition) is 5. The Balaban J connectivity index is 2.27. The monoisotopic (exact) mass is 366 g/mol.